The van der Waals surface area contributed by atoms with Crippen molar-refractivity contribution < 1.29 is 42.5 Å². The summed E-state index contributed by atoms with van der Waals surface area (Å²) in [6.07, 6.45) is 4.52. The fraction of sp³-hybridized carbons (Fsp3) is 0.533. The van der Waals surface area contributed by atoms with Crippen molar-refractivity contribution in [2.24, 2.45) is 0 Å². The summed E-state index contributed by atoms with van der Waals surface area (Å²) in [5, 5.41) is 0. The summed E-state index contributed by atoms with van der Waals surface area (Å²) in [6, 6.07) is 2.24. The smallest absolute Gasteiger partial charge is 0.455 e. The van der Waals surface area contributed by atoms with Gasteiger partial charge in [-0.05, 0) is 44.2 Å². The minimum atomic E-state index is -5.47. The molecule has 0 heterocycles. The number of hydrogen-bond acceptors (Lipinski definition) is 8. The number of carbonyl (C=O) groups is 1. The Balaban J connectivity index is 2.36. The van der Waals surface area contributed by atoms with Gasteiger partial charge in [0.05, 0.1) is 5.56 Å². The van der Waals surface area contributed by atoms with E-state index in [2.05, 4.69) is 8.37 Å². The molecule has 0 unspecified atom stereocenters. The largest absolute Gasteiger partial charge is 0.488 e. The van der Waals surface area contributed by atoms with Gasteiger partial charge >= 0.3 is 27.0 Å². The van der Waals surface area contributed by atoms with E-state index in [9.17, 15) is 29.4 Å². The average molecular weight is 428 g/mol. The molecule has 0 amide bonds. The van der Waals surface area contributed by atoms with Crippen molar-refractivity contribution >= 4 is 27.0 Å². The second-order valence-electron chi connectivity index (χ2n) is 6.13. The number of carbonyl (C=O) groups excluding carboxylic acids is 1. The van der Waals surface area contributed by atoms with Crippen molar-refractivity contribution in [2.45, 2.75) is 51.0 Å². The summed E-state index contributed by atoms with van der Waals surface area (Å²) in [6.45, 7) is 1.85. The minimum Gasteiger partial charge on any atom is -0.455 e. The SMILES string of the molecule is CCC1(OC(=O)c2cc(OS(=O)(=O)F)cc(OS(=O)(=O)F)c2)CCCCC1. The molecule has 1 saturated carbocycles. The van der Waals surface area contributed by atoms with Gasteiger partial charge in [0.15, 0.2) is 0 Å². The first-order chi connectivity index (χ1) is 12.4. The van der Waals surface area contributed by atoms with E-state index in [4.69, 9.17) is 4.74 Å². The molecule has 0 saturated heterocycles. The molecule has 0 spiro atoms. The van der Waals surface area contributed by atoms with Crippen molar-refractivity contribution in [2.75, 3.05) is 0 Å². The van der Waals surface area contributed by atoms with E-state index in [1.54, 1.807) is 0 Å². The second-order valence-corrected chi connectivity index (χ2v) is 8.04. The van der Waals surface area contributed by atoms with Gasteiger partial charge in [-0.25, -0.2) is 4.79 Å². The number of hydrogen-bond donors (Lipinski definition) is 0. The van der Waals surface area contributed by atoms with Crippen molar-refractivity contribution in [3.63, 3.8) is 0 Å². The summed E-state index contributed by atoms with van der Waals surface area (Å²) in [5.74, 6) is -2.49. The van der Waals surface area contributed by atoms with Gasteiger partial charge < -0.3 is 13.1 Å². The molecule has 1 aromatic carbocycles. The first-order valence-electron chi connectivity index (χ1n) is 8.08. The van der Waals surface area contributed by atoms with Crippen LogP contribution in [0, 0.1) is 0 Å². The molecule has 152 valence electrons. The fourth-order valence-electron chi connectivity index (χ4n) is 3.00. The molecule has 1 aliphatic carbocycles. The fourth-order valence-corrected chi connectivity index (χ4v) is 3.65. The number of benzene rings is 1. The summed E-state index contributed by atoms with van der Waals surface area (Å²) < 4.78 is 81.7. The highest BCUT2D eigenvalue weighted by molar-refractivity contribution is 7.82. The van der Waals surface area contributed by atoms with Crippen LogP contribution >= 0.6 is 0 Å². The van der Waals surface area contributed by atoms with Gasteiger partial charge in [0, 0.05) is 6.07 Å². The number of halogens is 2. The molecule has 1 aromatic rings. The van der Waals surface area contributed by atoms with E-state index in [0.29, 0.717) is 25.3 Å². The van der Waals surface area contributed by atoms with Crippen LogP contribution < -0.4 is 8.37 Å². The van der Waals surface area contributed by atoms with Crippen LogP contribution in [0.2, 0.25) is 0 Å². The van der Waals surface area contributed by atoms with E-state index in [1.807, 2.05) is 6.92 Å². The Hall–Kier alpha value is -1.95. The van der Waals surface area contributed by atoms with Crippen molar-refractivity contribution in [3.8, 4) is 11.5 Å². The highest BCUT2D eigenvalue weighted by atomic mass is 32.3. The normalized spacial score (nSPS) is 17.1. The molecule has 0 atom stereocenters. The Kier molecular flexibility index (Phi) is 6.30. The zero-order chi connectivity index (χ0) is 20.3. The van der Waals surface area contributed by atoms with Crippen molar-refractivity contribution in [1.29, 1.82) is 0 Å². The summed E-state index contributed by atoms with van der Waals surface area (Å²) in [4.78, 5) is 12.5. The van der Waals surface area contributed by atoms with Crippen molar-refractivity contribution in [3.05, 3.63) is 23.8 Å². The molecule has 0 N–H and O–H groups in total. The molecule has 1 fully saturated rings. The van der Waals surface area contributed by atoms with Gasteiger partial charge in [-0.15, -0.1) is 0 Å². The van der Waals surface area contributed by atoms with Crippen LogP contribution in [0.4, 0.5) is 7.77 Å². The van der Waals surface area contributed by atoms with Crippen LogP contribution in [-0.2, 0) is 25.7 Å². The highest BCUT2D eigenvalue weighted by Crippen LogP contribution is 2.36. The number of esters is 1. The molecule has 2 rings (SSSR count). The minimum absolute atomic E-state index is 0.381. The second kappa shape index (κ2) is 7.97. The molecule has 0 aromatic heterocycles. The maximum absolute atomic E-state index is 12.8. The molecule has 12 heteroatoms. The lowest BCUT2D eigenvalue weighted by Gasteiger charge is -2.36. The average Bonchev–Trinajstić information content (AvgIpc) is 2.52. The zero-order valence-corrected chi connectivity index (χ0v) is 15.9. The van der Waals surface area contributed by atoms with E-state index in [-0.39, 0.29) is 5.56 Å². The predicted molar refractivity (Wildman–Crippen MR) is 89.3 cm³/mol. The summed E-state index contributed by atoms with van der Waals surface area (Å²) >= 11 is 0. The van der Waals surface area contributed by atoms with Crippen LogP contribution in [-0.4, -0.2) is 28.4 Å². The third kappa shape index (κ3) is 6.61. The Morgan fingerprint density at radius 2 is 1.44 bits per heavy atom. The summed E-state index contributed by atoms with van der Waals surface area (Å²) in [5.41, 5.74) is -1.10. The van der Waals surface area contributed by atoms with Crippen molar-refractivity contribution in [1.82, 2.24) is 0 Å². The Morgan fingerprint density at radius 1 is 0.963 bits per heavy atom. The molecule has 0 aliphatic heterocycles. The lowest BCUT2D eigenvalue weighted by Crippen LogP contribution is -2.36. The number of ether oxygens (including phenoxy) is 1. The lowest BCUT2D eigenvalue weighted by atomic mass is 9.82. The molecule has 8 nitrogen and oxygen atoms in total. The number of rotatable bonds is 7. The monoisotopic (exact) mass is 428 g/mol. The third-order valence-electron chi connectivity index (χ3n) is 4.23. The van der Waals surface area contributed by atoms with Gasteiger partial charge in [-0.2, -0.15) is 16.8 Å². The molecular formula is C15H18F2O8S2. The van der Waals surface area contributed by atoms with Crippen LogP contribution in [0.3, 0.4) is 0 Å². The first kappa shape index (κ1) is 21.4. The summed E-state index contributed by atoms with van der Waals surface area (Å²) in [7, 11) is -10.9. The van der Waals surface area contributed by atoms with Gasteiger partial charge in [-0.1, -0.05) is 21.1 Å². The van der Waals surface area contributed by atoms with Crippen LogP contribution in [0.1, 0.15) is 55.8 Å². The van der Waals surface area contributed by atoms with Gasteiger partial charge in [-0.3, -0.25) is 0 Å². The standard InChI is InChI=1S/C15H18F2O8S2/c1-2-15(6-4-3-5-7-15)23-14(18)11-8-12(24-26(16,19)20)10-13(9-11)25-27(17,21)22/h8-10H,2-7H2,1H3. The van der Waals surface area contributed by atoms with Crippen LogP contribution in [0.5, 0.6) is 11.5 Å². The zero-order valence-electron chi connectivity index (χ0n) is 14.3. The topological polar surface area (TPSA) is 113 Å². The predicted octanol–water partition coefficient (Wildman–Crippen LogP) is 3.14. The lowest BCUT2D eigenvalue weighted by molar-refractivity contribution is -0.0398. The molecular weight excluding hydrogens is 410 g/mol. The van der Waals surface area contributed by atoms with E-state index < -0.39 is 44.1 Å². The van der Waals surface area contributed by atoms with Gasteiger partial charge in [0.2, 0.25) is 0 Å². The first-order valence-corrected chi connectivity index (χ1v) is 10.7. The molecule has 0 bridgehead atoms. The van der Waals surface area contributed by atoms with Crippen LogP contribution in [0.15, 0.2) is 18.2 Å². The Labute approximate surface area is 156 Å². The molecule has 27 heavy (non-hydrogen) atoms. The van der Waals surface area contributed by atoms with E-state index in [0.717, 1.165) is 31.4 Å². The molecule has 0 radical (unpaired) electrons. The third-order valence-corrected chi connectivity index (χ3v) is 5.01. The molecule has 1 aliphatic rings. The van der Waals surface area contributed by atoms with Gasteiger partial charge in [0.25, 0.3) is 0 Å². The quantitative estimate of drug-likeness (QED) is 0.481. The maximum Gasteiger partial charge on any atom is 0.488 e. The Morgan fingerprint density at radius 3 is 1.85 bits per heavy atom. The van der Waals surface area contributed by atoms with E-state index in [1.165, 1.54) is 0 Å². The van der Waals surface area contributed by atoms with Crippen LogP contribution in [0.25, 0.3) is 0 Å². The van der Waals surface area contributed by atoms with E-state index >= 15 is 0 Å². The maximum atomic E-state index is 12.8. The Bertz CT molecular complexity index is 853. The highest BCUT2D eigenvalue weighted by Gasteiger charge is 2.34. The van der Waals surface area contributed by atoms with Gasteiger partial charge in [0.1, 0.15) is 17.1 Å².